The minimum Gasteiger partial charge on any atom is -0.285 e. The van der Waals surface area contributed by atoms with Gasteiger partial charge in [0.05, 0.1) is 0 Å². The average molecular weight is 155 g/mol. The largest absolute Gasteiger partial charge is 0.285 e. The van der Waals surface area contributed by atoms with Crippen LogP contribution in [0.15, 0.2) is 0 Å². The van der Waals surface area contributed by atoms with E-state index in [1.807, 2.05) is 13.8 Å². The Morgan fingerprint density at radius 3 is 2.09 bits per heavy atom. The Hall–Kier alpha value is -0.860. The Labute approximate surface area is 66.4 Å². The summed E-state index contributed by atoms with van der Waals surface area (Å²) in [5.41, 5.74) is 0. The summed E-state index contributed by atoms with van der Waals surface area (Å²) in [6.07, 6.45) is 0.760. The fourth-order valence-corrected chi connectivity index (χ4v) is 1.58. The molecule has 1 aliphatic rings. The normalized spacial score (nSPS) is 31.7. The van der Waals surface area contributed by atoms with Gasteiger partial charge in [0, 0.05) is 18.9 Å². The first-order valence-corrected chi connectivity index (χ1v) is 3.91. The molecule has 1 rings (SSSR count). The van der Waals surface area contributed by atoms with Crippen molar-refractivity contribution < 1.29 is 9.59 Å². The van der Waals surface area contributed by atoms with E-state index in [1.165, 1.54) is 4.90 Å². The molecule has 1 heterocycles. The minimum absolute atomic E-state index is 0.0231. The van der Waals surface area contributed by atoms with E-state index in [2.05, 4.69) is 0 Å². The summed E-state index contributed by atoms with van der Waals surface area (Å²) in [6, 6.07) is 0. The average Bonchev–Trinajstić information content (AvgIpc) is 2.17. The SMILES string of the molecule is CC[C@@H]1C(=O)N(C)C(=O)[C@H]1C. The molecule has 11 heavy (non-hydrogen) atoms. The van der Waals surface area contributed by atoms with Gasteiger partial charge in [0.1, 0.15) is 0 Å². The third kappa shape index (κ3) is 1.04. The molecule has 0 spiro atoms. The molecule has 0 unspecified atom stereocenters. The molecule has 1 saturated heterocycles. The van der Waals surface area contributed by atoms with Gasteiger partial charge in [0.2, 0.25) is 11.8 Å². The molecule has 2 atom stereocenters. The maximum Gasteiger partial charge on any atom is 0.232 e. The molecular weight excluding hydrogens is 142 g/mol. The summed E-state index contributed by atoms with van der Waals surface area (Å²) in [5, 5.41) is 0. The molecule has 0 N–H and O–H groups in total. The molecule has 0 aliphatic carbocycles. The predicted molar refractivity (Wildman–Crippen MR) is 40.7 cm³/mol. The first-order chi connectivity index (χ1) is 5.09. The second-order valence-electron chi connectivity index (χ2n) is 3.04. The van der Waals surface area contributed by atoms with Crippen molar-refractivity contribution in [1.82, 2.24) is 4.90 Å². The molecule has 0 aromatic heterocycles. The molecule has 0 aromatic carbocycles. The van der Waals surface area contributed by atoms with Crippen LogP contribution in [0.2, 0.25) is 0 Å². The monoisotopic (exact) mass is 155 g/mol. The lowest BCUT2D eigenvalue weighted by Gasteiger charge is -2.05. The van der Waals surface area contributed by atoms with Crippen molar-refractivity contribution >= 4 is 11.8 Å². The van der Waals surface area contributed by atoms with Crippen molar-refractivity contribution in [1.29, 1.82) is 0 Å². The van der Waals surface area contributed by atoms with Gasteiger partial charge in [-0.05, 0) is 6.42 Å². The van der Waals surface area contributed by atoms with Crippen molar-refractivity contribution in [2.24, 2.45) is 11.8 Å². The number of likely N-dealkylation sites (tertiary alicyclic amines) is 1. The van der Waals surface area contributed by atoms with Crippen LogP contribution >= 0.6 is 0 Å². The highest BCUT2D eigenvalue weighted by Crippen LogP contribution is 2.26. The van der Waals surface area contributed by atoms with E-state index >= 15 is 0 Å². The van der Waals surface area contributed by atoms with Crippen LogP contribution in [-0.4, -0.2) is 23.8 Å². The molecule has 1 aliphatic heterocycles. The molecule has 0 aromatic rings. The highest BCUT2D eigenvalue weighted by atomic mass is 16.2. The molecule has 0 radical (unpaired) electrons. The van der Waals surface area contributed by atoms with Crippen LogP contribution in [0.25, 0.3) is 0 Å². The van der Waals surface area contributed by atoms with Crippen molar-refractivity contribution in [3.8, 4) is 0 Å². The molecule has 62 valence electrons. The van der Waals surface area contributed by atoms with Crippen LogP contribution in [0.3, 0.4) is 0 Å². The molecule has 1 fully saturated rings. The van der Waals surface area contributed by atoms with E-state index in [9.17, 15) is 9.59 Å². The van der Waals surface area contributed by atoms with Crippen LogP contribution in [-0.2, 0) is 9.59 Å². The van der Waals surface area contributed by atoms with Gasteiger partial charge in [-0.1, -0.05) is 13.8 Å². The lowest BCUT2D eigenvalue weighted by Crippen LogP contribution is -2.25. The highest BCUT2D eigenvalue weighted by molar-refractivity contribution is 6.04. The Kier molecular flexibility index (Phi) is 1.98. The van der Waals surface area contributed by atoms with Crippen molar-refractivity contribution in [3.63, 3.8) is 0 Å². The summed E-state index contributed by atoms with van der Waals surface area (Å²) in [4.78, 5) is 23.7. The summed E-state index contributed by atoms with van der Waals surface area (Å²) in [6.45, 7) is 3.75. The zero-order valence-electron chi connectivity index (χ0n) is 7.13. The minimum atomic E-state index is -0.113. The van der Waals surface area contributed by atoms with E-state index in [4.69, 9.17) is 0 Å². The molecule has 3 heteroatoms. The maximum absolute atomic E-state index is 11.3. The first-order valence-electron chi connectivity index (χ1n) is 3.91. The zero-order valence-corrected chi connectivity index (χ0v) is 7.13. The summed E-state index contributed by atoms with van der Waals surface area (Å²) < 4.78 is 0. The fraction of sp³-hybridized carbons (Fsp3) is 0.750. The number of imide groups is 1. The number of carbonyl (C=O) groups excluding carboxylic acids is 2. The standard InChI is InChI=1S/C8H13NO2/c1-4-6-5(2)7(10)9(3)8(6)11/h5-6H,4H2,1-3H3/t5-,6-/m0/s1. The van der Waals surface area contributed by atoms with Crippen LogP contribution in [0.4, 0.5) is 0 Å². The third-order valence-corrected chi connectivity index (χ3v) is 2.41. The lowest BCUT2D eigenvalue weighted by atomic mass is 9.95. The number of carbonyl (C=O) groups is 2. The van der Waals surface area contributed by atoms with Crippen LogP contribution in [0, 0.1) is 11.8 Å². The Balaban J connectivity index is 2.86. The Morgan fingerprint density at radius 2 is 1.91 bits per heavy atom. The van der Waals surface area contributed by atoms with Crippen molar-refractivity contribution in [3.05, 3.63) is 0 Å². The number of rotatable bonds is 1. The van der Waals surface area contributed by atoms with Crippen LogP contribution in [0.5, 0.6) is 0 Å². The van der Waals surface area contributed by atoms with E-state index < -0.39 is 0 Å². The predicted octanol–water partition coefficient (Wildman–Crippen LogP) is 0.647. The van der Waals surface area contributed by atoms with E-state index in [1.54, 1.807) is 7.05 Å². The number of amides is 2. The fourth-order valence-electron chi connectivity index (χ4n) is 1.58. The van der Waals surface area contributed by atoms with Gasteiger partial charge >= 0.3 is 0 Å². The van der Waals surface area contributed by atoms with Gasteiger partial charge < -0.3 is 0 Å². The molecule has 2 amide bonds. The quantitative estimate of drug-likeness (QED) is 0.521. The van der Waals surface area contributed by atoms with Gasteiger partial charge in [-0.25, -0.2) is 0 Å². The van der Waals surface area contributed by atoms with Crippen molar-refractivity contribution in [2.75, 3.05) is 7.05 Å². The van der Waals surface area contributed by atoms with E-state index in [0.29, 0.717) is 0 Å². The van der Waals surface area contributed by atoms with Crippen LogP contribution in [0.1, 0.15) is 20.3 Å². The highest BCUT2D eigenvalue weighted by Gasteiger charge is 2.41. The smallest absolute Gasteiger partial charge is 0.232 e. The zero-order chi connectivity index (χ0) is 8.59. The van der Waals surface area contributed by atoms with Gasteiger partial charge in [0.25, 0.3) is 0 Å². The second-order valence-corrected chi connectivity index (χ2v) is 3.04. The summed E-state index contributed by atoms with van der Waals surface area (Å²) in [5.74, 6) is -0.253. The molecule has 3 nitrogen and oxygen atoms in total. The third-order valence-electron chi connectivity index (χ3n) is 2.41. The van der Waals surface area contributed by atoms with Crippen LogP contribution < -0.4 is 0 Å². The second kappa shape index (κ2) is 2.64. The lowest BCUT2D eigenvalue weighted by molar-refractivity contribution is -0.138. The number of nitrogens with zero attached hydrogens (tertiary/aromatic N) is 1. The number of hydrogen-bond donors (Lipinski definition) is 0. The Bertz CT molecular complexity index is 200. The van der Waals surface area contributed by atoms with E-state index in [0.717, 1.165) is 6.42 Å². The van der Waals surface area contributed by atoms with Gasteiger partial charge in [-0.2, -0.15) is 0 Å². The van der Waals surface area contributed by atoms with Gasteiger partial charge in [-0.15, -0.1) is 0 Å². The first kappa shape index (κ1) is 8.24. The maximum atomic E-state index is 11.3. The van der Waals surface area contributed by atoms with E-state index in [-0.39, 0.29) is 23.7 Å². The number of hydrogen-bond acceptors (Lipinski definition) is 2. The topological polar surface area (TPSA) is 37.4 Å². The Morgan fingerprint density at radius 1 is 1.36 bits per heavy atom. The van der Waals surface area contributed by atoms with Gasteiger partial charge in [0.15, 0.2) is 0 Å². The molecular formula is C8H13NO2. The summed E-state index contributed by atoms with van der Waals surface area (Å²) >= 11 is 0. The summed E-state index contributed by atoms with van der Waals surface area (Å²) in [7, 11) is 1.55. The molecule has 0 bridgehead atoms. The van der Waals surface area contributed by atoms with Gasteiger partial charge in [-0.3, -0.25) is 14.5 Å². The molecule has 0 saturated carbocycles. The van der Waals surface area contributed by atoms with Crippen molar-refractivity contribution in [2.45, 2.75) is 20.3 Å².